The number of esters is 1. The molecule has 0 spiro atoms. The van der Waals surface area contributed by atoms with Crippen LogP contribution >= 0.6 is 0 Å². The second-order valence-electron chi connectivity index (χ2n) is 6.74. The summed E-state index contributed by atoms with van der Waals surface area (Å²) < 4.78 is 38.5. The number of sulfonamides is 1. The summed E-state index contributed by atoms with van der Waals surface area (Å²) >= 11 is 0. The van der Waals surface area contributed by atoms with Crippen molar-refractivity contribution in [3.8, 4) is 5.75 Å². The molecule has 0 radical (unpaired) electrons. The number of nitrogens with two attached hydrogens (primary N) is 1. The molecule has 0 aliphatic carbocycles. The molecule has 0 amide bonds. The lowest BCUT2D eigenvalue weighted by atomic mass is 10.2. The molecule has 30 heavy (non-hydrogen) atoms. The number of carbonyl (C=O) groups is 1. The highest BCUT2D eigenvalue weighted by atomic mass is 32.2. The van der Waals surface area contributed by atoms with Gasteiger partial charge in [-0.2, -0.15) is 4.31 Å². The number of nitrogens with zero attached hydrogens (tertiary/aromatic N) is 1. The number of benzene rings is 2. The first-order chi connectivity index (χ1) is 14.3. The molecule has 2 unspecified atom stereocenters. The minimum absolute atomic E-state index is 0.0132. The molecule has 9 heteroatoms. The van der Waals surface area contributed by atoms with Gasteiger partial charge in [-0.05, 0) is 24.3 Å². The van der Waals surface area contributed by atoms with E-state index in [1.165, 1.54) is 18.2 Å². The van der Waals surface area contributed by atoms with E-state index in [4.69, 9.17) is 20.6 Å². The zero-order valence-corrected chi connectivity index (χ0v) is 17.0. The number of rotatable bonds is 8. The van der Waals surface area contributed by atoms with Crippen LogP contribution in [0.25, 0.3) is 0 Å². The number of amidine groups is 1. The van der Waals surface area contributed by atoms with Gasteiger partial charge in [-0.1, -0.05) is 43.0 Å². The average molecular weight is 429 g/mol. The van der Waals surface area contributed by atoms with Gasteiger partial charge in [0, 0.05) is 12.0 Å². The Morgan fingerprint density at radius 3 is 2.63 bits per heavy atom. The summed E-state index contributed by atoms with van der Waals surface area (Å²) in [6.45, 7) is 3.47. The molecule has 2 aromatic rings. The third-order valence-corrected chi connectivity index (χ3v) is 6.52. The van der Waals surface area contributed by atoms with Crippen LogP contribution in [-0.4, -0.2) is 49.8 Å². The van der Waals surface area contributed by atoms with Gasteiger partial charge in [-0.3, -0.25) is 10.2 Å². The van der Waals surface area contributed by atoms with Crippen molar-refractivity contribution in [2.75, 3.05) is 13.2 Å². The smallest absolute Gasteiger partial charge is 0.324 e. The highest BCUT2D eigenvalue weighted by molar-refractivity contribution is 7.89. The van der Waals surface area contributed by atoms with Crippen LogP contribution in [0.1, 0.15) is 12.0 Å². The van der Waals surface area contributed by atoms with Crippen LogP contribution in [0.4, 0.5) is 0 Å². The van der Waals surface area contributed by atoms with Crippen LogP contribution in [0, 0.1) is 5.41 Å². The topological polar surface area (TPSA) is 123 Å². The van der Waals surface area contributed by atoms with Crippen molar-refractivity contribution in [1.82, 2.24) is 4.31 Å². The lowest BCUT2D eigenvalue weighted by Crippen LogP contribution is -2.41. The van der Waals surface area contributed by atoms with Crippen molar-refractivity contribution in [2.24, 2.45) is 5.73 Å². The van der Waals surface area contributed by atoms with Crippen LogP contribution in [0.5, 0.6) is 5.75 Å². The number of hydrogen-bond donors (Lipinski definition) is 2. The third kappa shape index (κ3) is 4.69. The Morgan fingerprint density at radius 2 is 1.97 bits per heavy atom. The van der Waals surface area contributed by atoms with E-state index in [2.05, 4.69) is 6.58 Å². The van der Waals surface area contributed by atoms with Crippen molar-refractivity contribution < 1.29 is 22.7 Å². The van der Waals surface area contributed by atoms with Crippen LogP contribution in [-0.2, 0) is 19.6 Å². The molecular formula is C21H23N3O5S. The summed E-state index contributed by atoms with van der Waals surface area (Å²) in [5.41, 5.74) is 6.00. The fourth-order valence-electron chi connectivity index (χ4n) is 3.23. The zero-order valence-electron chi connectivity index (χ0n) is 16.2. The Hall–Kier alpha value is -3.17. The third-order valence-electron chi connectivity index (χ3n) is 4.63. The quantitative estimate of drug-likeness (QED) is 0.286. The van der Waals surface area contributed by atoms with Crippen molar-refractivity contribution in [3.63, 3.8) is 0 Å². The van der Waals surface area contributed by atoms with E-state index < -0.39 is 28.1 Å². The van der Waals surface area contributed by atoms with Crippen LogP contribution in [0.3, 0.4) is 0 Å². The van der Waals surface area contributed by atoms with Gasteiger partial charge in [0.1, 0.15) is 30.3 Å². The van der Waals surface area contributed by atoms with Crippen molar-refractivity contribution >= 4 is 21.8 Å². The first-order valence-electron chi connectivity index (χ1n) is 9.28. The van der Waals surface area contributed by atoms with E-state index in [1.807, 2.05) is 0 Å². The summed E-state index contributed by atoms with van der Waals surface area (Å²) in [4.78, 5) is 12.6. The monoisotopic (exact) mass is 429 g/mol. The Kier molecular flexibility index (Phi) is 6.53. The van der Waals surface area contributed by atoms with Gasteiger partial charge in [0.05, 0.1) is 11.4 Å². The van der Waals surface area contributed by atoms with E-state index in [1.54, 1.807) is 42.5 Å². The molecule has 1 heterocycles. The van der Waals surface area contributed by atoms with Gasteiger partial charge in [0.25, 0.3) is 0 Å². The van der Waals surface area contributed by atoms with E-state index in [9.17, 15) is 13.2 Å². The lowest BCUT2D eigenvalue weighted by molar-refractivity contribution is -0.146. The number of ether oxygens (including phenoxy) is 2. The fraction of sp³-hybridized carbons (Fsp3) is 0.238. The van der Waals surface area contributed by atoms with E-state index in [0.717, 1.165) is 4.31 Å². The molecule has 158 valence electrons. The highest BCUT2D eigenvalue weighted by Crippen LogP contribution is 2.30. The predicted octanol–water partition coefficient (Wildman–Crippen LogP) is 1.91. The molecule has 1 aliphatic rings. The second-order valence-corrected chi connectivity index (χ2v) is 8.63. The summed E-state index contributed by atoms with van der Waals surface area (Å²) in [6.07, 6.45) is 0.975. The van der Waals surface area contributed by atoms with E-state index >= 15 is 0 Å². The maximum absolute atomic E-state index is 13.2. The molecule has 8 nitrogen and oxygen atoms in total. The van der Waals surface area contributed by atoms with Gasteiger partial charge >= 0.3 is 5.97 Å². The summed E-state index contributed by atoms with van der Waals surface area (Å²) in [6, 6.07) is 13.5. The predicted molar refractivity (Wildman–Crippen MR) is 112 cm³/mol. The van der Waals surface area contributed by atoms with Crippen molar-refractivity contribution in [2.45, 2.75) is 23.5 Å². The summed E-state index contributed by atoms with van der Waals surface area (Å²) in [5.74, 6) is -0.325. The standard InChI is InChI=1S/C21H23N3O5S/c1-2-11-28-21(25)19-13-17(29-16-8-6-7-15(12-16)20(22)23)14-24(19)30(26,27)18-9-4-3-5-10-18/h2-10,12,17,19H,1,11,13-14H2,(H3,22,23). The molecule has 0 aromatic heterocycles. The molecule has 1 fully saturated rings. The molecule has 1 saturated heterocycles. The number of hydrogen-bond acceptors (Lipinski definition) is 6. The second kappa shape index (κ2) is 9.10. The molecular weight excluding hydrogens is 406 g/mol. The highest BCUT2D eigenvalue weighted by Gasteiger charge is 2.45. The minimum Gasteiger partial charge on any atom is -0.489 e. The van der Waals surface area contributed by atoms with Gasteiger partial charge in [-0.15, -0.1) is 0 Å². The molecule has 0 saturated carbocycles. The van der Waals surface area contributed by atoms with Gasteiger partial charge in [-0.25, -0.2) is 8.42 Å². The van der Waals surface area contributed by atoms with Crippen molar-refractivity contribution in [3.05, 3.63) is 72.8 Å². The van der Waals surface area contributed by atoms with Gasteiger partial charge in [0.2, 0.25) is 10.0 Å². The Morgan fingerprint density at radius 1 is 1.23 bits per heavy atom. The van der Waals surface area contributed by atoms with Crippen LogP contribution < -0.4 is 10.5 Å². The molecule has 0 bridgehead atoms. The molecule has 3 rings (SSSR count). The maximum atomic E-state index is 13.2. The Balaban J connectivity index is 1.86. The van der Waals surface area contributed by atoms with Gasteiger partial charge < -0.3 is 15.2 Å². The molecule has 2 aromatic carbocycles. The first kappa shape index (κ1) is 21.5. The Labute approximate surface area is 175 Å². The van der Waals surface area contributed by atoms with Crippen LogP contribution in [0.15, 0.2) is 72.1 Å². The van der Waals surface area contributed by atoms with Crippen molar-refractivity contribution in [1.29, 1.82) is 5.41 Å². The number of nitrogens with one attached hydrogen (secondary N) is 1. The number of nitrogen functional groups attached to an aromatic ring is 1. The molecule has 1 aliphatic heterocycles. The van der Waals surface area contributed by atoms with Gasteiger partial charge in [0.15, 0.2) is 0 Å². The van der Waals surface area contributed by atoms with Crippen LogP contribution in [0.2, 0.25) is 0 Å². The Bertz CT molecular complexity index is 1040. The fourth-order valence-corrected chi connectivity index (χ4v) is 4.87. The van der Waals surface area contributed by atoms with E-state index in [0.29, 0.717) is 11.3 Å². The van der Waals surface area contributed by atoms with E-state index in [-0.39, 0.29) is 30.3 Å². The summed E-state index contributed by atoms with van der Waals surface area (Å²) in [5, 5.41) is 7.54. The normalized spacial score (nSPS) is 19.2. The number of carbonyl (C=O) groups excluding carboxylic acids is 1. The lowest BCUT2D eigenvalue weighted by Gasteiger charge is -2.22. The average Bonchev–Trinajstić information content (AvgIpc) is 3.17. The minimum atomic E-state index is -3.93. The SMILES string of the molecule is C=CCOC(=O)C1CC(Oc2cccc(C(=N)N)c2)CN1S(=O)(=O)c1ccccc1. The molecule has 3 N–H and O–H groups in total. The first-order valence-corrected chi connectivity index (χ1v) is 10.7. The molecule has 2 atom stereocenters. The largest absolute Gasteiger partial charge is 0.489 e. The summed E-state index contributed by atoms with van der Waals surface area (Å²) in [7, 11) is -3.93. The maximum Gasteiger partial charge on any atom is 0.324 e. The zero-order chi connectivity index (χ0) is 21.7.